The third-order valence-electron chi connectivity index (χ3n) is 5.08. The van der Waals surface area contributed by atoms with Gasteiger partial charge >= 0.3 is 0 Å². The van der Waals surface area contributed by atoms with Gasteiger partial charge in [0.2, 0.25) is 5.91 Å². The summed E-state index contributed by atoms with van der Waals surface area (Å²) in [6, 6.07) is 6.09. The number of rotatable bonds is 4. The van der Waals surface area contributed by atoms with E-state index in [4.69, 9.17) is 15.2 Å². The van der Waals surface area contributed by atoms with Crippen LogP contribution in [0.5, 0.6) is 5.75 Å². The summed E-state index contributed by atoms with van der Waals surface area (Å²) in [5, 5.41) is 3.22. The second kappa shape index (κ2) is 7.51. The molecule has 1 atom stereocenters. The summed E-state index contributed by atoms with van der Waals surface area (Å²) in [5.41, 5.74) is 7.83. The van der Waals surface area contributed by atoms with Crippen molar-refractivity contribution < 1.29 is 14.3 Å². The summed E-state index contributed by atoms with van der Waals surface area (Å²) in [5.74, 6) is 0.979. The van der Waals surface area contributed by atoms with E-state index < -0.39 is 5.41 Å². The first-order valence-corrected chi connectivity index (χ1v) is 7.95. The van der Waals surface area contributed by atoms with E-state index in [0.717, 1.165) is 18.6 Å². The zero-order chi connectivity index (χ0) is 15.6. The van der Waals surface area contributed by atoms with E-state index in [1.165, 1.54) is 11.1 Å². The van der Waals surface area contributed by atoms with Gasteiger partial charge in [-0.15, -0.1) is 12.4 Å². The van der Waals surface area contributed by atoms with Crippen molar-refractivity contribution in [2.45, 2.75) is 31.7 Å². The lowest BCUT2D eigenvalue weighted by Crippen LogP contribution is -2.49. The van der Waals surface area contributed by atoms with Gasteiger partial charge in [0.1, 0.15) is 5.75 Å². The molecule has 0 bridgehead atoms. The number of ether oxygens (including phenoxy) is 2. The molecule has 128 valence electrons. The Morgan fingerprint density at radius 3 is 2.83 bits per heavy atom. The summed E-state index contributed by atoms with van der Waals surface area (Å²) in [7, 11) is 1.69. The van der Waals surface area contributed by atoms with Gasteiger partial charge in [0, 0.05) is 19.8 Å². The lowest BCUT2D eigenvalue weighted by Gasteiger charge is -2.35. The quantitative estimate of drug-likeness (QED) is 0.879. The molecule has 3 N–H and O–H groups in total. The maximum absolute atomic E-state index is 12.8. The number of fused-ring (bicyclic) bond motifs is 1. The number of amides is 1. The highest BCUT2D eigenvalue weighted by Crippen LogP contribution is 2.38. The molecule has 0 radical (unpaired) electrons. The minimum absolute atomic E-state index is 0. The van der Waals surface area contributed by atoms with Gasteiger partial charge in [0.25, 0.3) is 0 Å². The van der Waals surface area contributed by atoms with E-state index in [0.29, 0.717) is 32.6 Å². The van der Waals surface area contributed by atoms with Crippen LogP contribution >= 0.6 is 12.4 Å². The van der Waals surface area contributed by atoms with E-state index >= 15 is 0 Å². The van der Waals surface area contributed by atoms with Gasteiger partial charge in [-0.3, -0.25) is 4.79 Å². The molecule has 1 heterocycles. The van der Waals surface area contributed by atoms with Crippen LogP contribution in [0.4, 0.5) is 0 Å². The van der Waals surface area contributed by atoms with Gasteiger partial charge in [0.05, 0.1) is 18.6 Å². The summed E-state index contributed by atoms with van der Waals surface area (Å²) in [6.45, 7) is 1.60. The van der Waals surface area contributed by atoms with Crippen LogP contribution in [0.25, 0.3) is 0 Å². The average Bonchev–Trinajstić information content (AvgIpc) is 2.98. The van der Waals surface area contributed by atoms with E-state index in [1.54, 1.807) is 7.11 Å². The van der Waals surface area contributed by atoms with Crippen LogP contribution < -0.4 is 15.8 Å². The van der Waals surface area contributed by atoms with Crippen molar-refractivity contribution >= 4 is 18.3 Å². The smallest absolute Gasteiger partial charge is 0.228 e. The summed E-state index contributed by atoms with van der Waals surface area (Å²) < 4.78 is 10.8. The van der Waals surface area contributed by atoms with Crippen molar-refractivity contribution in [3.63, 3.8) is 0 Å². The molecule has 1 aromatic rings. The minimum Gasteiger partial charge on any atom is -0.496 e. The van der Waals surface area contributed by atoms with Crippen LogP contribution in [-0.2, 0) is 16.0 Å². The predicted octanol–water partition coefficient (Wildman–Crippen LogP) is 1.98. The van der Waals surface area contributed by atoms with Crippen LogP contribution in [0.3, 0.4) is 0 Å². The standard InChI is InChI=1S/C17H24N2O3.ClH/c1-21-15-4-2-3-12-13(15)5-6-14(12)19-16(20)17(11-18)7-9-22-10-8-17;/h2-4,14H,5-11,18H2,1H3,(H,19,20);1H. The summed E-state index contributed by atoms with van der Waals surface area (Å²) in [6.07, 6.45) is 3.25. The van der Waals surface area contributed by atoms with Gasteiger partial charge in [-0.2, -0.15) is 0 Å². The van der Waals surface area contributed by atoms with Crippen LogP contribution in [-0.4, -0.2) is 32.8 Å². The summed E-state index contributed by atoms with van der Waals surface area (Å²) >= 11 is 0. The van der Waals surface area contributed by atoms with Crippen LogP contribution in [0.1, 0.15) is 36.4 Å². The number of nitrogens with one attached hydrogen (secondary N) is 1. The molecule has 0 aromatic heterocycles. The highest BCUT2D eigenvalue weighted by molar-refractivity contribution is 5.85. The van der Waals surface area contributed by atoms with Crippen molar-refractivity contribution in [3.8, 4) is 5.75 Å². The van der Waals surface area contributed by atoms with E-state index in [2.05, 4.69) is 11.4 Å². The first-order chi connectivity index (χ1) is 10.7. The number of carbonyl (C=O) groups is 1. The third-order valence-corrected chi connectivity index (χ3v) is 5.08. The average molecular weight is 341 g/mol. The van der Waals surface area contributed by atoms with E-state index in [-0.39, 0.29) is 24.4 Å². The van der Waals surface area contributed by atoms with Gasteiger partial charge < -0.3 is 20.5 Å². The molecule has 1 aliphatic carbocycles. The fourth-order valence-electron chi connectivity index (χ4n) is 3.56. The zero-order valence-corrected chi connectivity index (χ0v) is 14.3. The molecule has 2 aliphatic rings. The fourth-order valence-corrected chi connectivity index (χ4v) is 3.56. The second-order valence-corrected chi connectivity index (χ2v) is 6.19. The lowest BCUT2D eigenvalue weighted by atomic mass is 9.79. The molecule has 1 fully saturated rings. The van der Waals surface area contributed by atoms with Crippen molar-refractivity contribution in [3.05, 3.63) is 29.3 Å². The molecule has 5 nitrogen and oxygen atoms in total. The molecule has 1 aromatic carbocycles. The number of hydrogen-bond donors (Lipinski definition) is 2. The first kappa shape index (κ1) is 18.0. The van der Waals surface area contributed by atoms with Crippen LogP contribution in [0.2, 0.25) is 0 Å². The van der Waals surface area contributed by atoms with E-state index in [1.807, 2.05) is 12.1 Å². The third kappa shape index (κ3) is 3.32. The molecule has 1 unspecified atom stereocenters. The molecule has 6 heteroatoms. The van der Waals surface area contributed by atoms with Crippen molar-refractivity contribution in [1.82, 2.24) is 5.32 Å². The molecule has 3 rings (SSSR count). The molecule has 1 amide bonds. The monoisotopic (exact) mass is 340 g/mol. The maximum atomic E-state index is 12.8. The van der Waals surface area contributed by atoms with Crippen LogP contribution in [0, 0.1) is 5.41 Å². The first-order valence-electron chi connectivity index (χ1n) is 7.95. The number of methoxy groups -OCH3 is 1. The van der Waals surface area contributed by atoms with Crippen molar-refractivity contribution in [2.75, 3.05) is 26.9 Å². The van der Waals surface area contributed by atoms with Crippen molar-refractivity contribution in [2.24, 2.45) is 11.1 Å². The molecule has 1 saturated heterocycles. The van der Waals surface area contributed by atoms with E-state index in [9.17, 15) is 4.79 Å². The Balaban J connectivity index is 0.00000192. The van der Waals surface area contributed by atoms with Crippen LogP contribution in [0.15, 0.2) is 18.2 Å². The number of nitrogens with two attached hydrogens (primary N) is 1. The van der Waals surface area contributed by atoms with Gasteiger partial charge in [-0.25, -0.2) is 0 Å². The lowest BCUT2D eigenvalue weighted by molar-refractivity contribution is -0.136. The highest BCUT2D eigenvalue weighted by Gasteiger charge is 2.40. The molecule has 0 spiro atoms. The predicted molar refractivity (Wildman–Crippen MR) is 91.0 cm³/mol. The molecular weight excluding hydrogens is 316 g/mol. The van der Waals surface area contributed by atoms with Gasteiger partial charge in [0.15, 0.2) is 0 Å². The number of carbonyl (C=O) groups excluding carboxylic acids is 1. The second-order valence-electron chi connectivity index (χ2n) is 6.19. The summed E-state index contributed by atoms with van der Waals surface area (Å²) in [4.78, 5) is 12.8. The Morgan fingerprint density at radius 1 is 1.43 bits per heavy atom. The number of benzene rings is 1. The number of halogens is 1. The van der Waals surface area contributed by atoms with Gasteiger partial charge in [-0.05, 0) is 42.9 Å². The Labute approximate surface area is 143 Å². The highest BCUT2D eigenvalue weighted by atomic mass is 35.5. The van der Waals surface area contributed by atoms with Gasteiger partial charge in [-0.1, -0.05) is 12.1 Å². The Morgan fingerprint density at radius 2 is 2.17 bits per heavy atom. The SMILES string of the molecule is COc1cccc2c1CCC2NC(=O)C1(CN)CCOCC1.Cl. The maximum Gasteiger partial charge on any atom is 0.228 e. The fraction of sp³-hybridized carbons (Fsp3) is 0.588. The Kier molecular flexibility index (Phi) is 5.89. The molecule has 1 aliphatic heterocycles. The molecule has 23 heavy (non-hydrogen) atoms. The molecular formula is C17H25ClN2O3. The Bertz CT molecular complexity index is 559. The Hall–Kier alpha value is -1.30. The number of hydrogen-bond acceptors (Lipinski definition) is 4. The zero-order valence-electron chi connectivity index (χ0n) is 13.5. The largest absolute Gasteiger partial charge is 0.496 e. The topological polar surface area (TPSA) is 73.6 Å². The normalized spacial score (nSPS) is 21.9. The van der Waals surface area contributed by atoms with Crippen molar-refractivity contribution in [1.29, 1.82) is 0 Å². The molecule has 0 saturated carbocycles. The minimum atomic E-state index is -0.472.